The molecular weight excluding hydrogens is 456 g/mol. The number of nitrogens with zero attached hydrogens (tertiary/aromatic N) is 1. The van der Waals surface area contributed by atoms with Gasteiger partial charge in [-0.3, -0.25) is 9.59 Å². The molecule has 0 aliphatic heterocycles. The maximum atomic E-state index is 12.5. The van der Waals surface area contributed by atoms with Gasteiger partial charge in [-0.15, -0.1) is 0 Å². The van der Waals surface area contributed by atoms with Crippen molar-refractivity contribution < 1.29 is 22.7 Å². The van der Waals surface area contributed by atoms with E-state index in [1.165, 1.54) is 37.5 Å². The summed E-state index contributed by atoms with van der Waals surface area (Å²) in [5.74, 6) is -0.380. The minimum Gasteiger partial charge on any atom is -0.497 e. The zero-order valence-corrected chi connectivity index (χ0v) is 18.8. The van der Waals surface area contributed by atoms with E-state index in [2.05, 4.69) is 10.6 Å². The molecule has 10 heteroatoms. The maximum Gasteiger partial charge on any atom is 0.266 e. The number of nitrogens with two attached hydrogens (primary N) is 1. The average Bonchev–Trinajstić information content (AvgIpc) is 2.82. The predicted molar refractivity (Wildman–Crippen MR) is 127 cm³/mol. The van der Waals surface area contributed by atoms with E-state index in [4.69, 9.17) is 9.88 Å². The molecule has 4 N–H and O–H groups in total. The third-order valence-electron chi connectivity index (χ3n) is 4.61. The zero-order chi connectivity index (χ0) is 24.7. The number of sulfonamides is 1. The lowest BCUT2D eigenvalue weighted by Crippen LogP contribution is -2.15. The van der Waals surface area contributed by atoms with Crippen molar-refractivity contribution in [1.82, 2.24) is 0 Å². The number of rotatable bonds is 7. The van der Waals surface area contributed by atoms with E-state index in [0.717, 1.165) is 0 Å². The largest absolute Gasteiger partial charge is 0.497 e. The van der Waals surface area contributed by atoms with Gasteiger partial charge in [0, 0.05) is 16.9 Å². The number of carbonyl (C=O) groups excluding carboxylic acids is 2. The van der Waals surface area contributed by atoms with Crippen LogP contribution in [0, 0.1) is 11.3 Å². The topological polar surface area (TPSA) is 151 Å². The number of primary sulfonamides is 1. The second kappa shape index (κ2) is 10.4. The Bertz CT molecular complexity index is 1390. The van der Waals surface area contributed by atoms with Crippen LogP contribution in [0.2, 0.25) is 0 Å². The summed E-state index contributed by atoms with van der Waals surface area (Å²) < 4.78 is 27.7. The zero-order valence-electron chi connectivity index (χ0n) is 18.0. The first kappa shape index (κ1) is 24.2. The fraction of sp³-hybridized carbons (Fsp3) is 0.0417. The van der Waals surface area contributed by atoms with Crippen LogP contribution in [-0.2, 0) is 14.8 Å². The average molecular weight is 477 g/mol. The summed E-state index contributed by atoms with van der Waals surface area (Å²) in [6, 6.07) is 20.3. The molecule has 0 spiro atoms. The smallest absolute Gasteiger partial charge is 0.266 e. The predicted octanol–water partition coefficient (Wildman–Crippen LogP) is 3.14. The third-order valence-corrected chi connectivity index (χ3v) is 5.54. The number of ether oxygens (including phenoxy) is 1. The van der Waals surface area contributed by atoms with Crippen molar-refractivity contribution in [2.24, 2.45) is 5.14 Å². The Morgan fingerprint density at radius 2 is 1.65 bits per heavy atom. The Morgan fingerprint density at radius 3 is 2.24 bits per heavy atom. The molecule has 0 saturated heterocycles. The summed E-state index contributed by atoms with van der Waals surface area (Å²) in [6.07, 6.45) is 1.37. The number of carbonyl (C=O) groups is 2. The van der Waals surface area contributed by atoms with Crippen LogP contribution in [0.1, 0.15) is 15.9 Å². The van der Waals surface area contributed by atoms with Crippen LogP contribution in [0.4, 0.5) is 11.4 Å². The second-order valence-electron chi connectivity index (χ2n) is 7.00. The minimum absolute atomic E-state index is 0.102. The Labute approximate surface area is 196 Å². The molecule has 9 nitrogen and oxygen atoms in total. The molecule has 0 fully saturated rings. The van der Waals surface area contributed by atoms with E-state index < -0.39 is 15.9 Å². The SMILES string of the molecule is COc1ccc(C(=O)Nc2cccc(/C=C(\C#N)C(=O)Nc3ccc(S(N)(=O)=O)cc3)c2)cc1. The minimum atomic E-state index is -3.86. The fourth-order valence-corrected chi connectivity index (χ4v) is 3.41. The van der Waals surface area contributed by atoms with Gasteiger partial charge >= 0.3 is 0 Å². The molecular formula is C24H20N4O5S. The molecule has 0 aromatic heterocycles. The van der Waals surface area contributed by atoms with E-state index in [1.54, 1.807) is 48.5 Å². The first-order chi connectivity index (χ1) is 16.2. The van der Waals surface area contributed by atoms with Crippen LogP contribution in [0.15, 0.2) is 83.3 Å². The summed E-state index contributed by atoms with van der Waals surface area (Å²) in [5.41, 5.74) is 1.54. The van der Waals surface area contributed by atoms with E-state index >= 15 is 0 Å². The lowest BCUT2D eigenvalue weighted by molar-refractivity contribution is -0.112. The number of anilines is 2. The molecule has 3 aromatic carbocycles. The summed E-state index contributed by atoms with van der Waals surface area (Å²) in [6.45, 7) is 0. The maximum absolute atomic E-state index is 12.5. The summed E-state index contributed by atoms with van der Waals surface area (Å²) >= 11 is 0. The first-order valence-electron chi connectivity index (χ1n) is 9.81. The van der Waals surface area contributed by atoms with Crippen molar-refractivity contribution in [3.8, 4) is 11.8 Å². The number of amides is 2. The molecule has 172 valence electrons. The van der Waals surface area contributed by atoms with Crippen LogP contribution < -0.4 is 20.5 Å². The molecule has 0 aliphatic carbocycles. The number of hydrogen-bond donors (Lipinski definition) is 3. The van der Waals surface area contributed by atoms with Crippen molar-refractivity contribution in [2.45, 2.75) is 4.90 Å². The van der Waals surface area contributed by atoms with Crippen molar-refractivity contribution in [3.05, 3.63) is 89.5 Å². The molecule has 0 bridgehead atoms. The standard InChI is InChI=1S/C24H20N4O5S/c1-33-21-9-5-17(6-10-21)23(29)28-20-4-2-3-16(14-20)13-18(15-25)24(30)27-19-7-11-22(12-8-19)34(26,31)32/h2-14H,1H3,(H,27,30)(H,28,29)(H2,26,31,32)/b18-13+. The highest BCUT2D eigenvalue weighted by Crippen LogP contribution is 2.18. The Balaban J connectivity index is 1.73. The van der Waals surface area contributed by atoms with Crippen molar-refractivity contribution in [3.63, 3.8) is 0 Å². The first-order valence-corrected chi connectivity index (χ1v) is 11.4. The van der Waals surface area contributed by atoms with Gasteiger partial charge in [0.05, 0.1) is 12.0 Å². The van der Waals surface area contributed by atoms with Crippen LogP contribution in [0.25, 0.3) is 6.08 Å². The van der Waals surface area contributed by atoms with Crippen LogP contribution >= 0.6 is 0 Å². The molecule has 0 saturated carbocycles. The molecule has 2 amide bonds. The van der Waals surface area contributed by atoms with Gasteiger partial charge in [-0.2, -0.15) is 5.26 Å². The molecule has 3 rings (SSSR count). The van der Waals surface area contributed by atoms with Crippen molar-refractivity contribution in [1.29, 1.82) is 5.26 Å². The van der Waals surface area contributed by atoms with Crippen LogP contribution in [0.5, 0.6) is 5.75 Å². The van der Waals surface area contributed by atoms with E-state index in [-0.39, 0.29) is 16.4 Å². The monoisotopic (exact) mass is 476 g/mol. The number of nitrogens with one attached hydrogen (secondary N) is 2. The molecule has 0 atom stereocenters. The van der Waals surface area contributed by atoms with Crippen molar-refractivity contribution in [2.75, 3.05) is 17.7 Å². The number of hydrogen-bond acceptors (Lipinski definition) is 6. The fourth-order valence-electron chi connectivity index (χ4n) is 2.89. The van der Waals surface area contributed by atoms with Gasteiger partial charge in [0.1, 0.15) is 17.4 Å². The summed E-state index contributed by atoms with van der Waals surface area (Å²) in [7, 11) is -2.32. The molecule has 0 radical (unpaired) electrons. The van der Waals surface area contributed by atoms with Crippen LogP contribution in [-0.4, -0.2) is 27.3 Å². The number of methoxy groups -OCH3 is 1. The molecule has 0 aliphatic rings. The second-order valence-corrected chi connectivity index (χ2v) is 8.56. The molecule has 3 aromatic rings. The van der Waals surface area contributed by atoms with E-state index in [0.29, 0.717) is 28.3 Å². The van der Waals surface area contributed by atoms with E-state index in [9.17, 15) is 23.3 Å². The highest BCUT2D eigenvalue weighted by Gasteiger charge is 2.12. The van der Waals surface area contributed by atoms with Crippen LogP contribution in [0.3, 0.4) is 0 Å². The Kier molecular flexibility index (Phi) is 7.43. The van der Waals surface area contributed by atoms with E-state index in [1.807, 2.05) is 6.07 Å². The third kappa shape index (κ3) is 6.29. The summed E-state index contributed by atoms with van der Waals surface area (Å²) in [5, 5.41) is 19.8. The normalized spacial score (nSPS) is 11.3. The lowest BCUT2D eigenvalue weighted by atomic mass is 10.1. The lowest BCUT2D eigenvalue weighted by Gasteiger charge is -2.08. The van der Waals surface area contributed by atoms with Gasteiger partial charge in [0.15, 0.2) is 0 Å². The Morgan fingerprint density at radius 1 is 0.971 bits per heavy atom. The van der Waals surface area contributed by atoms with Gasteiger partial charge in [0.2, 0.25) is 10.0 Å². The van der Waals surface area contributed by atoms with Crippen molar-refractivity contribution >= 4 is 39.3 Å². The quantitative estimate of drug-likeness (QED) is 0.352. The molecule has 0 unspecified atom stereocenters. The van der Waals surface area contributed by atoms with Gasteiger partial charge in [-0.25, -0.2) is 13.6 Å². The van der Waals surface area contributed by atoms with Gasteiger partial charge in [-0.1, -0.05) is 12.1 Å². The number of nitriles is 1. The Hall–Kier alpha value is -4.46. The number of benzene rings is 3. The molecule has 34 heavy (non-hydrogen) atoms. The molecule has 0 heterocycles. The van der Waals surface area contributed by atoms with Gasteiger partial charge in [0.25, 0.3) is 11.8 Å². The summed E-state index contributed by atoms with van der Waals surface area (Å²) in [4.78, 5) is 24.9. The van der Waals surface area contributed by atoms with Gasteiger partial charge < -0.3 is 15.4 Å². The highest BCUT2D eigenvalue weighted by atomic mass is 32.2. The highest BCUT2D eigenvalue weighted by molar-refractivity contribution is 7.89. The van der Waals surface area contributed by atoms with Gasteiger partial charge in [-0.05, 0) is 72.3 Å².